The lowest BCUT2D eigenvalue weighted by atomic mass is 10.2. The Balaban J connectivity index is 2.76. The summed E-state index contributed by atoms with van der Waals surface area (Å²) in [4.78, 5) is 0. The summed E-state index contributed by atoms with van der Waals surface area (Å²) in [5.74, 6) is 0. The largest absolute Gasteiger partial charge is 0.506 e. The molecule has 1 rings (SSSR count). The van der Waals surface area contributed by atoms with Crippen LogP contribution in [-0.2, 0) is 13.3 Å². The molecule has 0 spiro atoms. The minimum atomic E-state index is -2.56. The summed E-state index contributed by atoms with van der Waals surface area (Å²) in [7, 11) is 2.32. The van der Waals surface area contributed by atoms with E-state index in [0.717, 1.165) is 12.8 Å². The zero-order valence-corrected chi connectivity index (χ0v) is 10.1. The molecule has 0 atom stereocenters. The lowest BCUT2D eigenvalue weighted by Crippen LogP contribution is -2.51. The highest BCUT2D eigenvalue weighted by atomic mass is 28.4. The van der Waals surface area contributed by atoms with Gasteiger partial charge in [-0.3, -0.25) is 0 Å². The maximum absolute atomic E-state index is 5.61. The van der Waals surface area contributed by atoms with Gasteiger partial charge < -0.3 is 24.7 Å². The first-order valence-corrected chi connectivity index (χ1v) is 6.45. The molecule has 1 saturated carbocycles. The van der Waals surface area contributed by atoms with Crippen LogP contribution in [0.25, 0.3) is 0 Å². The van der Waals surface area contributed by atoms with Gasteiger partial charge in [-0.25, -0.2) is 0 Å². The van der Waals surface area contributed by atoms with E-state index in [1.807, 2.05) is 0 Å². The Hall–Kier alpha value is 0.0169. The Kier molecular flexibility index (Phi) is 3.67. The van der Waals surface area contributed by atoms with E-state index in [-0.39, 0.29) is 11.2 Å². The van der Waals surface area contributed by atoms with Gasteiger partial charge in [0.25, 0.3) is 0 Å². The van der Waals surface area contributed by atoms with E-state index in [9.17, 15) is 0 Å². The molecule has 5 nitrogen and oxygen atoms in total. The van der Waals surface area contributed by atoms with Crippen LogP contribution in [0.5, 0.6) is 0 Å². The molecule has 0 radical (unpaired) electrons. The fourth-order valence-corrected chi connectivity index (χ4v) is 5.16. The summed E-state index contributed by atoms with van der Waals surface area (Å²) in [6.07, 6.45) is 2.43. The standard InChI is InChI=1S/C8H20N2O3Si/c1-11-14(12-2,13-3)8(4-5-8)6-7(9)10/h7H,4-6,9-10H2,1-3H3. The van der Waals surface area contributed by atoms with Crippen LogP contribution in [-0.4, -0.2) is 36.3 Å². The topological polar surface area (TPSA) is 79.7 Å². The third kappa shape index (κ3) is 1.86. The van der Waals surface area contributed by atoms with Crippen molar-refractivity contribution in [2.75, 3.05) is 21.3 Å². The minimum absolute atomic E-state index is 0.0422. The average molecular weight is 220 g/mol. The summed E-state index contributed by atoms with van der Waals surface area (Å²) < 4.78 is 16.3. The van der Waals surface area contributed by atoms with Crippen molar-refractivity contribution in [2.24, 2.45) is 11.5 Å². The molecular weight excluding hydrogens is 200 g/mol. The summed E-state index contributed by atoms with van der Waals surface area (Å²) in [6.45, 7) is 0. The lowest BCUT2D eigenvalue weighted by molar-refractivity contribution is 0.104. The van der Waals surface area contributed by atoms with Gasteiger partial charge >= 0.3 is 8.80 Å². The van der Waals surface area contributed by atoms with Crippen molar-refractivity contribution < 1.29 is 13.3 Å². The maximum atomic E-state index is 5.61. The molecule has 0 unspecified atom stereocenters. The quantitative estimate of drug-likeness (QED) is 0.488. The smallest absolute Gasteiger partial charge is 0.377 e. The van der Waals surface area contributed by atoms with Gasteiger partial charge in [-0.2, -0.15) is 0 Å². The van der Waals surface area contributed by atoms with Crippen molar-refractivity contribution in [1.82, 2.24) is 0 Å². The van der Waals surface area contributed by atoms with Crippen LogP contribution in [0, 0.1) is 0 Å². The van der Waals surface area contributed by atoms with Gasteiger partial charge in [0.15, 0.2) is 0 Å². The molecule has 0 bridgehead atoms. The normalized spacial score (nSPS) is 20.1. The molecule has 0 heterocycles. The molecule has 0 aliphatic heterocycles. The Bertz CT molecular complexity index is 185. The van der Waals surface area contributed by atoms with Crippen LogP contribution in [0.3, 0.4) is 0 Å². The second-order valence-electron chi connectivity index (χ2n) is 3.82. The van der Waals surface area contributed by atoms with Crippen LogP contribution in [0.15, 0.2) is 0 Å². The third-order valence-electron chi connectivity index (χ3n) is 2.94. The van der Waals surface area contributed by atoms with Crippen LogP contribution < -0.4 is 11.5 Å². The number of nitrogens with two attached hydrogens (primary N) is 2. The minimum Gasteiger partial charge on any atom is -0.377 e. The van der Waals surface area contributed by atoms with Gasteiger partial charge in [-0.05, 0) is 19.3 Å². The van der Waals surface area contributed by atoms with E-state index < -0.39 is 8.80 Å². The SMILES string of the molecule is CO[Si](OC)(OC)C1(CC(N)N)CC1. The van der Waals surface area contributed by atoms with Crippen molar-refractivity contribution in [3.63, 3.8) is 0 Å². The summed E-state index contributed by atoms with van der Waals surface area (Å²) in [6, 6.07) is 0. The zero-order chi connectivity index (χ0) is 10.8. The van der Waals surface area contributed by atoms with Crippen molar-refractivity contribution >= 4 is 8.80 Å². The van der Waals surface area contributed by atoms with Gasteiger partial charge in [0.2, 0.25) is 0 Å². The van der Waals surface area contributed by atoms with E-state index in [1.165, 1.54) is 0 Å². The molecule has 0 amide bonds. The van der Waals surface area contributed by atoms with E-state index in [1.54, 1.807) is 21.3 Å². The second-order valence-corrected chi connectivity index (χ2v) is 7.21. The molecule has 0 aromatic carbocycles. The summed E-state index contributed by atoms with van der Waals surface area (Å²) in [5.41, 5.74) is 11.2. The van der Waals surface area contributed by atoms with Crippen LogP contribution in [0.4, 0.5) is 0 Å². The molecule has 1 aliphatic carbocycles. The van der Waals surface area contributed by atoms with Crippen molar-refractivity contribution in [3.05, 3.63) is 0 Å². The maximum Gasteiger partial charge on any atom is 0.506 e. The van der Waals surface area contributed by atoms with Crippen LogP contribution >= 0.6 is 0 Å². The molecule has 1 aliphatic rings. The fraction of sp³-hybridized carbons (Fsp3) is 1.00. The predicted molar refractivity (Wildman–Crippen MR) is 55.5 cm³/mol. The molecule has 6 heteroatoms. The molecule has 14 heavy (non-hydrogen) atoms. The highest BCUT2D eigenvalue weighted by Gasteiger charge is 2.66. The van der Waals surface area contributed by atoms with Crippen LogP contribution in [0.1, 0.15) is 19.3 Å². The third-order valence-corrected chi connectivity index (χ3v) is 6.55. The van der Waals surface area contributed by atoms with Crippen LogP contribution in [0.2, 0.25) is 5.04 Å². The van der Waals surface area contributed by atoms with Crippen molar-refractivity contribution in [1.29, 1.82) is 0 Å². The molecule has 4 N–H and O–H groups in total. The molecular formula is C8H20N2O3Si. The Morgan fingerprint density at radius 2 is 1.57 bits per heavy atom. The molecule has 1 fully saturated rings. The highest BCUT2D eigenvalue weighted by molar-refractivity contribution is 6.65. The zero-order valence-electron chi connectivity index (χ0n) is 9.08. The fourth-order valence-electron chi connectivity index (χ4n) is 2.14. The van der Waals surface area contributed by atoms with Gasteiger partial charge in [0.1, 0.15) is 0 Å². The van der Waals surface area contributed by atoms with Crippen molar-refractivity contribution in [2.45, 2.75) is 30.5 Å². The Labute approximate surface area is 86.1 Å². The Morgan fingerprint density at radius 1 is 1.14 bits per heavy atom. The monoisotopic (exact) mass is 220 g/mol. The molecule has 0 aromatic rings. The molecule has 0 aromatic heterocycles. The van der Waals surface area contributed by atoms with Crippen molar-refractivity contribution in [3.8, 4) is 0 Å². The first-order chi connectivity index (χ1) is 6.56. The molecule has 84 valence electrons. The first-order valence-electron chi connectivity index (χ1n) is 4.72. The summed E-state index contributed by atoms with van der Waals surface area (Å²) >= 11 is 0. The number of hydrogen-bond donors (Lipinski definition) is 2. The lowest BCUT2D eigenvalue weighted by Gasteiger charge is -2.33. The van der Waals surface area contributed by atoms with E-state index in [2.05, 4.69) is 0 Å². The predicted octanol–water partition coefficient (Wildman–Crippen LogP) is 0.0323. The number of hydrogen-bond acceptors (Lipinski definition) is 5. The van der Waals surface area contributed by atoms with Gasteiger partial charge in [-0.1, -0.05) is 0 Å². The first kappa shape index (κ1) is 12.1. The Morgan fingerprint density at radius 3 is 1.79 bits per heavy atom. The average Bonchev–Trinajstić information content (AvgIpc) is 2.89. The van der Waals surface area contributed by atoms with Gasteiger partial charge in [-0.15, -0.1) is 0 Å². The van der Waals surface area contributed by atoms with E-state index in [0.29, 0.717) is 6.42 Å². The molecule has 0 saturated heterocycles. The summed E-state index contributed by atoms with van der Waals surface area (Å²) in [5, 5.41) is -0.0422. The van der Waals surface area contributed by atoms with E-state index in [4.69, 9.17) is 24.7 Å². The second kappa shape index (κ2) is 4.26. The van der Waals surface area contributed by atoms with Gasteiger partial charge in [0.05, 0.1) is 6.17 Å². The van der Waals surface area contributed by atoms with Gasteiger partial charge in [0, 0.05) is 26.4 Å². The number of rotatable bonds is 6. The van der Waals surface area contributed by atoms with E-state index >= 15 is 0 Å². The highest BCUT2D eigenvalue weighted by Crippen LogP contribution is 2.63.